The van der Waals surface area contributed by atoms with Crippen LogP contribution in [0.2, 0.25) is 0 Å². The van der Waals surface area contributed by atoms with Gasteiger partial charge in [0, 0.05) is 16.5 Å². The van der Waals surface area contributed by atoms with Gasteiger partial charge in [0.25, 0.3) is 0 Å². The van der Waals surface area contributed by atoms with Gasteiger partial charge in [-0.3, -0.25) is 0 Å². The van der Waals surface area contributed by atoms with Crippen molar-refractivity contribution < 1.29 is 0 Å². The summed E-state index contributed by atoms with van der Waals surface area (Å²) in [6.45, 7) is 4.66. The lowest BCUT2D eigenvalue weighted by atomic mass is 9.90. The van der Waals surface area contributed by atoms with Gasteiger partial charge in [-0.05, 0) is 30.7 Å². The van der Waals surface area contributed by atoms with Crippen molar-refractivity contribution >= 4 is 11.8 Å². The number of hydrogen-bond acceptors (Lipinski definition) is 2. The van der Waals surface area contributed by atoms with E-state index in [1.807, 2.05) is 0 Å². The average Bonchev–Trinajstić information content (AvgIpc) is 2.45. The molecule has 0 aromatic heterocycles. The molecule has 2 rings (SSSR count). The van der Waals surface area contributed by atoms with Crippen LogP contribution in [0.1, 0.15) is 57.6 Å². The fourth-order valence-corrected chi connectivity index (χ4v) is 4.83. The molecular weight excluding hydrogens is 250 g/mol. The van der Waals surface area contributed by atoms with E-state index in [1.165, 1.54) is 31.2 Å². The highest BCUT2D eigenvalue weighted by Gasteiger charge is 2.25. The predicted molar refractivity (Wildman–Crippen MR) is 86.5 cm³/mol. The molecule has 1 aromatic rings. The standard InChI is InChI=1S/C17H27NS/c1-3-16(17(18)14-9-5-4-6-10-14)19-15-11-7-8-13(2)12-15/h4-6,9-10,13,15-17H,3,7-8,11-12,18H2,1-2H3. The third-order valence-corrected chi connectivity index (χ3v) is 6.03. The van der Waals surface area contributed by atoms with Gasteiger partial charge in [0.15, 0.2) is 0 Å². The van der Waals surface area contributed by atoms with Crippen molar-refractivity contribution in [3.8, 4) is 0 Å². The number of thioether (sulfide) groups is 1. The monoisotopic (exact) mass is 277 g/mol. The Balaban J connectivity index is 1.96. The van der Waals surface area contributed by atoms with Crippen LogP contribution in [0.3, 0.4) is 0 Å². The Morgan fingerprint density at radius 2 is 2.00 bits per heavy atom. The SMILES string of the molecule is CCC(SC1CCCC(C)C1)C(N)c1ccccc1. The van der Waals surface area contributed by atoms with Crippen molar-refractivity contribution in [3.63, 3.8) is 0 Å². The first kappa shape index (κ1) is 14.9. The number of benzene rings is 1. The van der Waals surface area contributed by atoms with E-state index in [9.17, 15) is 0 Å². The molecule has 1 nitrogen and oxygen atoms in total. The highest BCUT2D eigenvalue weighted by Crippen LogP contribution is 2.38. The maximum absolute atomic E-state index is 6.48. The molecule has 0 bridgehead atoms. The van der Waals surface area contributed by atoms with Crippen molar-refractivity contribution in [2.24, 2.45) is 11.7 Å². The average molecular weight is 277 g/mol. The second-order valence-corrected chi connectivity index (χ2v) is 7.46. The van der Waals surface area contributed by atoms with Gasteiger partial charge in [-0.15, -0.1) is 0 Å². The molecule has 1 aliphatic carbocycles. The van der Waals surface area contributed by atoms with Crippen molar-refractivity contribution in [2.45, 2.75) is 62.5 Å². The van der Waals surface area contributed by atoms with Gasteiger partial charge in [-0.25, -0.2) is 0 Å². The van der Waals surface area contributed by atoms with Crippen LogP contribution >= 0.6 is 11.8 Å². The van der Waals surface area contributed by atoms with E-state index in [-0.39, 0.29) is 6.04 Å². The second kappa shape index (κ2) is 7.35. The summed E-state index contributed by atoms with van der Waals surface area (Å²) < 4.78 is 0. The molecule has 1 fully saturated rings. The molecule has 1 aromatic carbocycles. The molecule has 19 heavy (non-hydrogen) atoms. The normalized spacial score (nSPS) is 26.9. The molecule has 0 amide bonds. The number of rotatable bonds is 5. The molecule has 106 valence electrons. The Bertz CT molecular complexity index is 365. The summed E-state index contributed by atoms with van der Waals surface area (Å²) in [6, 6.07) is 10.8. The molecular formula is C17H27NS. The van der Waals surface area contributed by atoms with Crippen molar-refractivity contribution in [2.75, 3.05) is 0 Å². The molecule has 2 heteroatoms. The van der Waals surface area contributed by atoms with Crippen LogP contribution in [-0.2, 0) is 0 Å². The Hall–Kier alpha value is -0.470. The van der Waals surface area contributed by atoms with Crippen molar-refractivity contribution in [3.05, 3.63) is 35.9 Å². The van der Waals surface area contributed by atoms with Crippen LogP contribution < -0.4 is 5.73 Å². The molecule has 0 saturated heterocycles. The van der Waals surface area contributed by atoms with Crippen molar-refractivity contribution in [1.29, 1.82) is 0 Å². The smallest absolute Gasteiger partial charge is 0.0415 e. The van der Waals surface area contributed by atoms with Gasteiger partial charge < -0.3 is 5.73 Å². The largest absolute Gasteiger partial charge is 0.323 e. The second-order valence-electron chi connectivity index (χ2n) is 5.91. The molecule has 2 N–H and O–H groups in total. The zero-order valence-corrected chi connectivity index (χ0v) is 13.0. The maximum Gasteiger partial charge on any atom is 0.0415 e. The minimum absolute atomic E-state index is 0.174. The van der Waals surface area contributed by atoms with E-state index < -0.39 is 0 Å². The fourth-order valence-electron chi connectivity index (χ4n) is 3.07. The molecule has 0 spiro atoms. The van der Waals surface area contributed by atoms with Gasteiger partial charge in [0.2, 0.25) is 0 Å². The minimum atomic E-state index is 0.174. The molecule has 0 radical (unpaired) electrons. The summed E-state index contributed by atoms with van der Waals surface area (Å²) in [5.41, 5.74) is 7.76. The molecule has 4 atom stereocenters. The summed E-state index contributed by atoms with van der Waals surface area (Å²) >= 11 is 2.15. The Morgan fingerprint density at radius 1 is 1.26 bits per heavy atom. The van der Waals surface area contributed by atoms with E-state index in [4.69, 9.17) is 5.73 Å². The first-order valence-electron chi connectivity index (χ1n) is 7.66. The lowest BCUT2D eigenvalue weighted by Crippen LogP contribution is -2.27. The first-order chi connectivity index (χ1) is 9.20. The fraction of sp³-hybridized carbons (Fsp3) is 0.647. The van der Waals surface area contributed by atoms with E-state index in [1.54, 1.807) is 0 Å². The van der Waals surface area contributed by atoms with Crippen molar-refractivity contribution in [1.82, 2.24) is 0 Å². The lowest BCUT2D eigenvalue weighted by molar-refractivity contribution is 0.393. The van der Waals surface area contributed by atoms with Crippen LogP contribution in [0.5, 0.6) is 0 Å². The number of nitrogens with two attached hydrogens (primary N) is 1. The summed E-state index contributed by atoms with van der Waals surface area (Å²) in [5.74, 6) is 0.900. The maximum atomic E-state index is 6.48. The highest BCUT2D eigenvalue weighted by atomic mass is 32.2. The lowest BCUT2D eigenvalue weighted by Gasteiger charge is -2.31. The van der Waals surface area contributed by atoms with E-state index in [0.717, 1.165) is 17.6 Å². The Labute approximate surface area is 122 Å². The van der Waals surface area contributed by atoms with Gasteiger partial charge in [-0.2, -0.15) is 11.8 Å². The van der Waals surface area contributed by atoms with E-state index >= 15 is 0 Å². The van der Waals surface area contributed by atoms with Gasteiger partial charge in [0.1, 0.15) is 0 Å². The Kier molecular flexibility index (Phi) is 5.77. The van der Waals surface area contributed by atoms with Crippen LogP contribution in [0.25, 0.3) is 0 Å². The van der Waals surface area contributed by atoms with Gasteiger partial charge in [0.05, 0.1) is 0 Å². The quantitative estimate of drug-likeness (QED) is 0.838. The van der Waals surface area contributed by atoms with Crippen LogP contribution in [0.15, 0.2) is 30.3 Å². The summed E-state index contributed by atoms with van der Waals surface area (Å²) in [5, 5.41) is 1.38. The predicted octanol–water partition coefficient (Wildman–Crippen LogP) is 4.78. The van der Waals surface area contributed by atoms with E-state index in [0.29, 0.717) is 5.25 Å². The minimum Gasteiger partial charge on any atom is -0.323 e. The molecule has 1 saturated carbocycles. The van der Waals surface area contributed by atoms with Gasteiger partial charge >= 0.3 is 0 Å². The Morgan fingerprint density at radius 3 is 2.63 bits per heavy atom. The molecule has 4 unspecified atom stereocenters. The van der Waals surface area contributed by atoms with Crippen LogP contribution in [-0.4, -0.2) is 10.5 Å². The van der Waals surface area contributed by atoms with Crippen LogP contribution in [0.4, 0.5) is 0 Å². The third kappa shape index (κ3) is 4.25. The molecule has 1 aliphatic rings. The summed E-state index contributed by atoms with van der Waals surface area (Å²) in [6.07, 6.45) is 6.73. The zero-order valence-electron chi connectivity index (χ0n) is 12.2. The molecule has 0 heterocycles. The zero-order chi connectivity index (χ0) is 13.7. The topological polar surface area (TPSA) is 26.0 Å². The van der Waals surface area contributed by atoms with Gasteiger partial charge in [-0.1, -0.05) is 57.0 Å². The third-order valence-electron chi connectivity index (χ3n) is 4.24. The van der Waals surface area contributed by atoms with Crippen LogP contribution in [0, 0.1) is 5.92 Å². The first-order valence-corrected chi connectivity index (χ1v) is 8.61. The number of hydrogen-bond donors (Lipinski definition) is 1. The molecule has 0 aliphatic heterocycles. The highest BCUT2D eigenvalue weighted by molar-refractivity contribution is 8.00. The van der Waals surface area contributed by atoms with E-state index in [2.05, 4.69) is 55.9 Å². The summed E-state index contributed by atoms with van der Waals surface area (Å²) in [7, 11) is 0. The summed E-state index contributed by atoms with van der Waals surface area (Å²) in [4.78, 5) is 0.